The lowest BCUT2D eigenvalue weighted by molar-refractivity contribution is -0.697. The summed E-state index contributed by atoms with van der Waals surface area (Å²) in [5.41, 5.74) is 7.50. The van der Waals surface area contributed by atoms with Gasteiger partial charge in [-0.05, 0) is 47.6 Å². The Bertz CT molecular complexity index is 1230. The summed E-state index contributed by atoms with van der Waals surface area (Å²) in [5.74, 6) is 2.71. The molecule has 2 unspecified atom stereocenters. The SMILES string of the molecule is COc1ccccc1C1=C[N+](C)=C2C(Cc3ccc4c(c3)C=CC(C)CC4)=NC=C[N+]12C. The molecule has 0 radical (unpaired) electrons. The maximum Gasteiger partial charge on any atom is 0.400 e. The molecule has 3 aliphatic rings. The van der Waals surface area contributed by atoms with Crippen molar-refractivity contribution >= 4 is 23.3 Å². The summed E-state index contributed by atoms with van der Waals surface area (Å²) >= 11 is 0. The second-order valence-corrected chi connectivity index (χ2v) is 9.18. The number of methoxy groups -OCH3 is 1. The van der Waals surface area contributed by atoms with Crippen molar-refractivity contribution in [3.05, 3.63) is 89.4 Å². The molecule has 0 aromatic heterocycles. The predicted octanol–water partition coefficient (Wildman–Crippen LogP) is 5.26. The van der Waals surface area contributed by atoms with Gasteiger partial charge < -0.3 is 4.74 Å². The van der Waals surface area contributed by atoms with Crippen LogP contribution in [0.25, 0.3) is 11.8 Å². The van der Waals surface area contributed by atoms with Gasteiger partial charge >= 0.3 is 5.84 Å². The van der Waals surface area contributed by atoms with E-state index < -0.39 is 0 Å². The number of aliphatic imine (C=N–C) groups is 1. The van der Waals surface area contributed by atoms with E-state index in [9.17, 15) is 0 Å². The Morgan fingerprint density at radius 2 is 2.03 bits per heavy atom. The second kappa shape index (κ2) is 8.03. The first kappa shape index (κ1) is 20.7. The van der Waals surface area contributed by atoms with Gasteiger partial charge in [0.2, 0.25) is 11.9 Å². The summed E-state index contributed by atoms with van der Waals surface area (Å²) in [5, 5.41) is 0. The van der Waals surface area contributed by atoms with Crippen molar-refractivity contribution in [3.8, 4) is 5.75 Å². The van der Waals surface area contributed by atoms with Crippen LogP contribution < -0.4 is 4.74 Å². The third kappa shape index (κ3) is 3.45. The third-order valence-electron chi connectivity index (χ3n) is 6.88. The van der Waals surface area contributed by atoms with E-state index in [1.807, 2.05) is 18.3 Å². The molecule has 32 heavy (non-hydrogen) atoms. The Labute approximate surface area is 190 Å². The van der Waals surface area contributed by atoms with Crippen LogP contribution >= 0.6 is 0 Å². The van der Waals surface area contributed by atoms with Crippen LogP contribution in [0.3, 0.4) is 0 Å². The topological polar surface area (TPSA) is 24.6 Å². The molecule has 2 aromatic rings. The predicted molar refractivity (Wildman–Crippen MR) is 132 cm³/mol. The molecule has 0 bridgehead atoms. The minimum Gasteiger partial charge on any atom is -0.496 e. The van der Waals surface area contributed by atoms with E-state index in [2.05, 4.69) is 80.5 Å². The molecule has 2 aromatic carbocycles. The summed E-state index contributed by atoms with van der Waals surface area (Å²) in [6.07, 6.45) is 14.1. The van der Waals surface area contributed by atoms with Crippen LogP contribution in [0.4, 0.5) is 0 Å². The maximum absolute atomic E-state index is 5.67. The number of fused-ring (bicyclic) bond motifs is 2. The minimum atomic E-state index is 0.581. The highest BCUT2D eigenvalue weighted by Crippen LogP contribution is 2.38. The fourth-order valence-electron chi connectivity index (χ4n) is 5.12. The van der Waals surface area contributed by atoms with E-state index in [1.165, 1.54) is 34.6 Å². The zero-order chi connectivity index (χ0) is 22.3. The summed E-state index contributed by atoms with van der Waals surface area (Å²) in [6.45, 7) is 2.30. The smallest absolute Gasteiger partial charge is 0.400 e. The number of para-hydroxylation sites is 1. The lowest BCUT2D eigenvalue weighted by Gasteiger charge is -2.27. The molecule has 0 fully saturated rings. The van der Waals surface area contributed by atoms with Gasteiger partial charge in [0.15, 0.2) is 5.71 Å². The van der Waals surface area contributed by atoms with Crippen LogP contribution in [0, 0.1) is 5.92 Å². The molecule has 0 N–H and O–H groups in total. The number of allylic oxidation sites excluding steroid dienone is 1. The molecule has 2 aliphatic heterocycles. The molecule has 162 valence electrons. The highest BCUT2D eigenvalue weighted by atomic mass is 16.5. The lowest BCUT2D eigenvalue weighted by Crippen LogP contribution is -2.48. The van der Waals surface area contributed by atoms with Crippen molar-refractivity contribution in [3.63, 3.8) is 0 Å². The van der Waals surface area contributed by atoms with Gasteiger partial charge in [0.25, 0.3) is 0 Å². The van der Waals surface area contributed by atoms with Gasteiger partial charge in [-0.25, -0.2) is 4.99 Å². The number of benzene rings is 2. The van der Waals surface area contributed by atoms with Crippen LogP contribution in [0.15, 0.2) is 72.1 Å². The number of hydrogen-bond donors (Lipinski definition) is 0. The number of rotatable bonds is 4. The van der Waals surface area contributed by atoms with Crippen molar-refractivity contribution in [1.82, 2.24) is 0 Å². The zero-order valence-corrected chi connectivity index (χ0v) is 19.4. The van der Waals surface area contributed by atoms with E-state index in [0.717, 1.165) is 29.9 Å². The fraction of sp³-hybridized carbons (Fsp3) is 0.286. The molecular weight excluding hydrogens is 394 g/mol. The Morgan fingerprint density at radius 1 is 1.19 bits per heavy atom. The van der Waals surface area contributed by atoms with Gasteiger partial charge in [0.1, 0.15) is 19.0 Å². The van der Waals surface area contributed by atoms with Gasteiger partial charge in [-0.3, -0.25) is 0 Å². The Morgan fingerprint density at radius 3 is 2.88 bits per heavy atom. The second-order valence-electron chi connectivity index (χ2n) is 9.18. The molecule has 0 spiro atoms. The van der Waals surface area contributed by atoms with Gasteiger partial charge in [-0.1, -0.05) is 49.4 Å². The number of aryl methyl sites for hydroxylation is 1. The van der Waals surface area contributed by atoms with Gasteiger partial charge in [-0.2, -0.15) is 4.48 Å². The maximum atomic E-state index is 5.67. The van der Waals surface area contributed by atoms with E-state index >= 15 is 0 Å². The van der Waals surface area contributed by atoms with Crippen molar-refractivity contribution in [2.45, 2.75) is 26.2 Å². The van der Waals surface area contributed by atoms with Crippen LogP contribution in [0.2, 0.25) is 0 Å². The molecule has 2 heterocycles. The monoisotopic (exact) mass is 425 g/mol. The Hall–Kier alpha value is -3.24. The number of ether oxygens (including phenoxy) is 1. The van der Waals surface area contributed by atoms with Gasteiger partial charge in [0, 0.05) is 6.42 Å². The molecule has 4 nitrogen and oxygen atoms in total. The zero-order valence-electron chi connectivity index (χ0n) is 19.4. The molecule has 0 saturated heterocycles. The highest BCUT2D eigenvalue weighted by Gasteiger charge is 2.50. The molecule has 4 heteroatoms. The van der Waals surface area contributed by atoms with Crippen LogP contribution in [-0.2, 0) is 12.8 Å². The average molecular weight is 426 g/mol. The molecule has 5 rings (SSSR count). The van der Waals surface area contributed by atoms with E-state index in [-0.39, 0.29) is 0 Å². The van der Waals surface area contributed by atoms with E-state index in [1.54, 1.807) is 7.11 Å². The highest BCUT2D eigenvalue weighted by molar-refractivity contribution is 6.38. The largest absolute Gasteiger partial charge is 0.496 e. The van der Waals surface area contributed by atoms with Crippen molar-refractivity contribution < 1.29 is 13.8 Å². The normalized spacial score (nSPS) is 23.9. The molecule has 2 atom stereocenters. The number of quaternary nitrogens is 1. The Balaban J connectivity index is 1.48. The summed E-state index contributed by atoms with van der Waals surface area (Å²) in [4.78, 5) is 4.84. The van der Waals surface area contributed by atoms with Gasteiger partial charge in [-0.15, -0.1) is 4.58 Å². The van der Waals surface area contributed by atoms with Crippen LogP contribution in [-0.4, -0.2) is 41.8 Å². The molecule has 1 aliphatic carbocycles. The first-order valence-electron chi connectivity index (χ1n) is 11.4. The molecular formula is C28H31N3O+2. The van der Waals surface area contributed by atoms with Crippen LogP contribution in [0.1, 0.15) is 35.6 Å². The number of nitrogens with zero attached hydrogens (tertiary/aromatic N) is 3. The van der Waals surface area contributed by atoms with Crippen LogP contribution in [0.5, 0.6) is 5.75 Å². The summed E-state index contributed by atoms with van der Waals surface area (Å²) < 4.78 is 8.47. The van der Waals surface area contributed by atoms with Crippen molar-refractivity contribution in [2.24, 2.45) is 10.9 Å². The molecule has 0 saturated carbocycles. The number of hydrogen-bond acceptors (Lipinski definition) is 2. The van der Waals surface area contributed by atoms with Crippen molar-refractivity contribution in [2.75, 3.05) is 21.2 Å². The van der Waals surface area contributed by atoms with Gasteiger partial charge in [0.05, 0.1) is 25.9 Å². The van der Waals surface area contributed by atoms with E-state index in [4.69, 9.17) is 9.73 Å². The fourth-order valence-corrected chi connectivity index (χ4v) is 5.12. The summed E-state index contributed by atoms with van der Waals surface area (Å²) in [7, 11) is 6.07. The minimum absolute atomic E-state index is 0.581. The quantitative estimate of drug-likeness (QED) is 0.484. The first-order valence-corrected chi connectivity index (χ1v) is 11.4. The standard InChI is InChI=1S/C28H31N3O/c1-20-9-12-22-14-11-21(17-23(22)13-10-20)18-25-28-30(2)19-26(31(28,3)16-15-29-25)24-7-5-6-8-27(24)32-4/h5-8,10-11,13-17,19-20H,9,12,18H2,1-4H3/q+2. The lowest BCUT2D eigenvalue weighted by atomic mass is 9.97. The summed E-state index contributed by atoms with van der Waals surface area (Å²) in [6, 6.07) is 15.2. The Kier molecular flexibility index (Phi) is 5.18. The first-order chi connectivity index (χ1) is 15.5. The van der Waals surface area contributed by atoms with Crippen molar-refractivity contribution in [1.29, 1.82) is 0 Å². The molecule has 0 amide bonds. The average Bonchev–Trinajstić information content (AvgIpc) is 2.94. The van der Waals surface area contributed by atoms with E-state index in [0.29, 0.717) is 10.4 Å². The number of amidine groups is 1. The third-order valence-corrected chi connectivity index (χ3v) is 6.88.